The van der Waals surface area contributed by atoms with Gasteiger partial charge >= 0.3 is 0 Å². The molecule has 0 atom stereocenters. The number of morpholine rings is 1. The van der Waals surface area contributed by atoms with Crippen molar-refractivity contribution in [1.29, 1.82) is 0 Å². The molecule has 2 saturated heterocycles. The Morgan fingerprint density at radius 3 is 2.65 bits per heavy atom. The fourth-order valence-corrected chi connectivity index (χ4v) is 4.89. The van der Waals surface area contributed by atoms with Crippen LogP contribution < -0.4 is 9.80 Å². The topological polar surface area (TPSA) is 57.5 Å². The molecule has 7 heteroatoms. The van der Waals surface area contributed by atoms with Crippen molar-refractivity contribution in [2.45, 2.75) is 18.8 Å². The number of hydrogen-bond donors (Lipinski definition) is 1. The first-order valence-electron chi connectivity index (χ1n) is 11.0. The van der Waals surface area contributed by atoms with Crippen LogP contribution in [-0.4, -0.2) is 49.4 Å². The van der Waals surface area contributed by atoms with E-state index < -0.39 is 0 Å². The summed E-state index contributed by atoms with van der Waals surface area (Å²) in [6.07, 6.45) is 4.14. The van der Waals surface area contributed by atoms with Crippen LogP contribution in [0.25, 0.3) is 22.0 Å². The quantitative estimate of drug-likeness (QED) is 0.522. The van der Waals surface area contributed by atoms with Crippen molar-refractivity contribution in [2.24, 2.45) is 0 Å². The Hall–Kier alpha value is -3.06. The fourth-order valence-electron chi connectivity index (χ4n) is 4.89. The van der Waals surface area contributed by atoms with Gasteiger partial charge in [-0.05, 0) is 60.7 Å². The minimum absolute atomic E-state index is 0.178. The van der Waals surface area contributed by atoms with Crippen LogP contribution in [0.3, 0.4) is 0 Å². The number of H-pyrrole nitrogens is 1. The molecule has 4 aromatic rings. The van der Waals surface area contributed by atoms with Crippen molar-refractivity contribution in [3.63, 3.8) is 0 Å². The van der Waals surface area contributed by atoms with E-state index in [1.165, 1.54) is 17.3 Å². The van der Waals surface area contributed by atoms with E-state index in [9.17, 15) is 4.39 Å². The number of rotatable bonds is 3. The average molecular weight is 420 g/mol. The van der Waals surface area contributed by atoms with Crippen LogP contribution in [0.5, 0.6) is 0 Å². The molecule has 160 valence electrons. The van der Waals surface area contributed by atoms with Crippen LogP contribution in [0.1, 0.15) is 24.3 Å². The van der Waals surface area contributed by atoms with Crippen molar-refractivity contribution < 1.29 is 13.5 Å². The van der Waals surface area contributed by atoms with Crippen LogP contribution in [0.2, 0.25) is 0 Å². The van der Waals surface area contributed by atoms with E-state index in [2.05, 4.69) is 33.1 Å². The molecule has 2 fully saturated rings. The highest BCUT2D eigenvalue weighted by Crippen LogP contribution is 2.35. The summed E-state index contributed by atoms with van der Waals surface area (Å²) in [5.74, 6) is 0.263. The molecule has 0 bridgehead atoms. The van der Waals surface area contributed by atoms with E-state index in [4.69, 9.17) is 14.1 Å². The van der Waals surface area contributed by atoms with Crippen molar-refractivity contribution in [2.75, 3.05) is 49.2 Å². The maximum absolute atomic E-state index is 13.7. The molecule has 2 aliphatic rings. The highest BCUT2D eigenvalue weighted by atomic mass is 19.1. The zero-order valence-electron chi connectivity index (χ0n) is 17.3. The molecule has 31 heavy (non-hydrogen) atoms. The number of benzene rings is 2. The van der Waals surface area contributed by atoms with Crippen molar-refractivity contribution in [3.8, 4) is 0 Å². The maximum atomic E-state index is 13.7. The Morgan fingerprint density at radius 1 is 0.968 bits per heavy atom. The number of fused-ring (bicyclic) bond motifs is 2. The van der Waals surface area contributed by atoms with Crippen LogP contribution >= 0.6 is 0 Å². The van der Waals surface area contributed by atoms with Gasteiger partial charge in [0, 0.05) is 49.0 Å². The van der Waals surface area contributed by atoms with Gasteiger partial charge in [-0.15, -0.1) is 0 Å². The molecule has 1 N–H and O–H groups in total. The lowest BCUT2D eigenvalue weighted by Gasteiger charge is -2.33. The molecule has 6 rings (SSSR count). The molecule has 0 aliphatic carbocycles. The number of nitrogens with zero attached hydrogens (tertiary/aromatic N) is 3. The monoisotopic (exact) mass is 420 g/mol. The summed E-state index contributed by atoms with van der Waals surface area (Å²) >= 11 is 0. The number of ether oxygens (including phenoxy) is 1. The summed E-state index contributed by atoms with van der Waals surface area (Å²) in [6.45, 7) is 4.97. The van der Waals surface area contributed by atoms with Crippen molar-refractivity contribution >= 4 is 33.7 Å². The second-order valence-corrected chi connectivity index (χ2v) is 8.44. The number of aromatic amines is 1. The molecule has 0 radical (unpaired) electrons. The number of halogens is 1. The van der Waals surface area contributed by atoms with E-state index in [0.717, 1.165) is 61.0 Å². The lowest BCUT2D eigenvalue weighted by Crippen LogP contribution is -2.36. The summed E-state index contributed by atoms with van der Waals surface area (Å²) < 4.78 is 25.1. The van der Waals surface area contributed by atoms with Gasteiger partial charge in [-0.3, -0.25) is 0 Å². The molecule has 4 heterocycles. The van der Waals surface area contributed by atoms with Gasteiger partial charge in [0.05, 0.1) is 13.2 Å². The van der Waals surface area contributed by atoms with Gasteiger partial charge in [0.1, 0.15) is 11.3 Å². The number of aromatic nitrogens is 2. The Bertz CT molecular complexity index is 1220. The molecule has 0 saturated carbocycles. The summed E-state index contributed by atoms with van der Waals surface area (Å²) in [7, 11) is 0. The zero-order chi connectivity index (χ0) is 20.8. The van der Waals surface area contributed by atoms with Crippen molar-refractivity contribution in [3.05, 3.63) is 54.0 Å². The smallest absolute Gasteiger partial charge is 0.298 e. The highest BCUT2D eigenvalue weighted by molar-refractivity contribution is 5.84. The first-order chi connectivity index (χ1) is 15.2. The van der Waals surface area contributed by atoms with Gasteiger partial charge in [0.25, 0.3) is 6.01 Å². The Balaban J connectivity index is 1.19. The maximum Gasteiger partial charge on any atom is 0.298 e. The van der Waals surface area contributed by atoms with E-state index >= 15 is 0 Å². The molecule has 0 unspecified atom stereocenters. The Kier molecular flexibility index (Phi) is 4.56. The van der Waals surface area contributed by atoms with Crippen LogP contribution in [0.15, 0.2) is 47.0 Å². The van der Waals surface area contributed by atoms with Gasteiger partial charge in [-0.1, -0.05) is 0 Å². The van der Waals surface area contributed by atoms with Gasteiger partial charge in [0.15, 0.2) is 5.58 Å². The van der Waals surface area contributed by atoms with Gasteiger partial charge in [-0.2, -0.15) is 4.98 Å². The molecule has 0 spiro atoms. The molecular weight excluding hydrogens is 395 g/mol. The third-order valence-corrected chi connectivity index (χ3v) is 6.62. The molecule has 2 aromatic heterocycles. The van der Waals surface area contributed by atoms with Crippen LogP contribution in [-0.2, 0) is 4.74 Å². The van der Waals surface area contributed by atoms with E-state index in [-0.39, 0.29) is 5.82 Å². The molecule has 6 nitrogen and oxygen atoms in total. The minimum Gasteiger partial charge on any atom is -0.423 e. The SMILES string of the molecule is Fc1ccc2[nH]cc(C3CCN(c4ccc5oc(N6CCOCC6)nc5c4)CC3)c2c1. The molecule has 2 aromatic carbocycles. The largest absolute Gasteiger partial charge is 0.423 e. The average Bonchev–Trinajstić information content (AvgIpc) is 3.43. The number of piperidine rings is 1. The Morgan fingerprint density at radius 2 is 1.81 bits per heavy atom. The fraction of sp³-hybridized carbons (Fsp3) is 0.375. The van der Waals surface area contributed by atoms with Crippen LogP contribution in [0, 0.1) is 5.82 Å². The first kappa shape index (κ1) is 18.7. The van der Waals surface area contributed by atoms with Crippen LogP contribution in [0.4, 0.5) is 16.1 Å². The second kappa shape index (κ2) is 7.57. The third-order valence-electron chi connectivity index (χ3n) is 6.62. The summed E-state index contributed by atoms with van der Waals surface area (Å²) in [4.78, 5) is 12.6. The standard InChI is InChI=1S/C24H25FN4O2/c25-17-1-3-21-19(13-17)20(15-26-21)16-5-7-28(8-6-16)18-2-4-23-22(14-18)27-24(31-23)29-9-11-30-12-10-29/h1-4,13-16,26H,5-12H2. The van der Waals surface area contributed by atoms with E-state index in [0.29, 0.717) is 25.1 Å². The van der Waals surface area contributed by atoms with Crippen molar-refractivity contribution in [1.82, 2.24) is 9.97 Å². The number of oxazole rings is 1. The molecular formula is C24H25FN4O2. The highest BCUT2D eigenvalue weighted by Gasteiger charge is 2.24. The number of nitrogens with one attached hydrogen (secondary N) is 1. The van der Waals surface area contributed by atoms with E-state index in [1.54, 1.807) is 6.07 Å². The second-order valence-electron chi connectivity index (χ2n) is 8.44. The normalized spacial score (nSPS) is 18.4. The summed E-state index contributed by atoms with van der Waals surface area (Å²) in [6, 6.07) is 11.9. The van der Waals surface area contributed by atoms with Gasteiger partial charge < -0.3 is 23.9 Å². The number of hydrogen-bond acceptors (Lipinski definition) is 5. The first-order valence-corrected chi connectivity index (χ1v) is 11.0. The lowest BCUT2D eigenvalue weighted by molar-refractivity contribution is 0.120. The lowest BCUT2D eigenvalue weighted by atomic mass is 9.89. The Labute approximate surface area is 179 Å². The minimum atomic E-state index is -0.178. The number of anilines is 2. The van der Waals surface area contributed by atoms with E-state index in [1.807, 2.05) is 12.1 Å². The third kappa shape index (κ3) is 3.43. The summed E-state index contributed by atoms with van der Waals surface area (Å²) in [5.41, 5.74) is 5.13. The zero-order valence-corrected chi connectivity index (χ0v) is 17.3. The van der Waals surface area contributed by atoms with Gasteiger partial charge in [-0.25, -0.2) is 4.39 Å². The van der Waals surface area contributed by atoms with Gasteiger partial charge in [0.2, 0.25) is 0 Å². The predicted octanol–water partition coefficient (Wildman–Crippen LogP) is 4.67. The molecule has 2 aliphatic heterocycles. The predicted molar refractivity (Wildman–Crippen MR) is 119 cm³/mol. The summed E-state index contributed by atoms with van der Waals surface area (Å²) in [5, 5.41) is 1.01. The molecule has 0 amide bonds.